The lowest BCUT2D eigenvalue weighted by Gasteiger charge is -2.30. The number of nitrogens with two attached hydrogens (primary N) is 2. The Kier molecular flexibility index (Phi) is 1.91. The Morgan fingerprint density at radius 2 is 2.24 bits per heavy atom. The van der Waals surface area contributed by atoms with Crippen molar-refractivity contribution in [1.82, 2.24) is 0 Å². The van der Waals surface area contributed by atoms with Crippen LogP contribution in [0, 0.1) is 11.7 Å². The lowest BCUT2D eigenvalue weighted by Crippen LogP contribution is -2.35. The van der Waals surface area contributed by atoms with Gasteiger partial charge in [0.15, 0.2) is 0 Å². The molecule has 1 aliphatic carbocycles. The van der Waals surface area contributed by atoms with E-state index in [1.54, 1.807) is 12.1 Å². The van der Waals surface area contributed by atoms with E-state index in [1.807, 2.05) is 6.92 Å². The number of hydrogen-bond donors (Lipinski definition) is 2. The van der Waals surface area contributed by atoms with E-state index in [1.165, 1.54) is 6.07 Å². The van der Waals surface area contributed by atoms with Crippen LogP contribution in [-0.4, -0.2) is 12.1 Å². The first kappa shape index (κ1) is 10.4. The third-order valence-corrected chi connectivity index (χ3v) is 3.60. The molecule has 0 bridgehead atoms. The van der Waals surface area contributed by atoms with E-state index in [4.69, 9.17) is 16.2 Å². The van der Waals surface area contributed by atoms with Crippen molar-refractivity contribution in [1.29, 1.82) is 0 Å². The molecule has 1 aliphatic heterocycles. The van der Waals surface area contributed by atoms with Gasteiger partial charge in [0.05, 0.1) is 5.54 Å². The maximum Gasteiger partial charge on any atom is 0.283 e. The van der Waals surface area contributed by atoms with E-state index < -0.39 is 5.54 Å². The first-order chi connectivity index (χ1) is 8.00. The van der Waals surface area contributed by atoms with E-state index >= 15 is 0 Å². The van der Waals surface area contributed by atoms with Gasteiger partial charge in [-0.3, -0.25) is 0 Å². The molecule has 4 N–H and O–H groups in total. The molecule has 1 heterocycles. The van der Waals surface area contributed by atoms with Gasteiger partial charge in [-0.05, 0) is 31.5 Å². The molecule has 3 atom stereocenters. The summed E-state index contributed by atoms with van der Waals surface area (Å²) in [6.07, 6.45) is 0.924. The van der Waals surface area contributed by atoms with Crippen molar-refractivity contribution < 1.29 is 9.13 Å². The third-order valence-electron chi connectivity index (χ3n) is 3.60. The zero-order chi connectivity index (χ0) is 12.2. The molecule has 0 spiro atoms. The molecule has 17 heavy (non-hydrogen) atoms. The minimum absolute atomic E-state index is 0.0679. The van der Waals surface area contributed by atoms with Gasteiger partial charge in [0.25, 0.3) is 6.02 Å². The lowest BCUT2D eigenvalue weighted by atomic mass is 9.86. The standard InChI is InChI=1S/C12H14FN3O/c1-12(7-4-6(14)2-3-9(7)13)8-5-10(8)17-11(15)16-12/h2-4,8,10H,5,14H2,1H3,(H2,15,16)/t8-,10+,12+/m1/s1. The van der Waals surface area contributed by atoms with Gasteiger partial charge in [-0.15, -0.1) is 0 Å². The summed E-state index contributed by atoms with van der Waals surface area (Å²) in [5.74, 6) is -0.114. The molecule has 5 heteroatoms. The van der Waals surface area contributed by atoms with Crippen LogP contribution in [0.5, 0.6) is 0 Å². The first-order valence-electron chi connectivity index (χ1n) is 5.58. The molecule has 0 saturated heterocycles. The van der Waals surface area contributed by atoms with Crippen molar-refractivity contribution in [2.75, 3.05) is 5.73 Å². The molecular formula is C12H14FN3O. The van der Waals surface area contributed by atoms with Gasteiger partial charge in [0, 0.05) is 17.2 Å². The predicted molar refractivity (Wildman–Crippen MR) is 62.8 cm³/mol. The van der Waals surface area contributed by atoms with Crippen LogP contribution in [0.4, 0.5) is 10.1 Å². The summed E-state index contributed by atoms with van der Waals surface area (Å²) in [5.41, 5.74) is 11.7. The summed E-state index contributed by atoms with van der Waals surface area (Å²) >= 11 is 0. The zero-order valence-electron chi connectivity index (χ0n) is 9.48. The molecule has 0 unspecified atom stereocenters. The van der Waals surface area contributed by atoms with E-state index in [0.717, 1.165) is 6.42 Å². The van der Waals surface area contributed by atoms with Crippen molar-refractivity contribution >= 4 is 11.7 Å². The van der Waals surface area contributed by atoms with Crippen molar-refractivity contribution in [3.8, 4) is 0 Å². The highest BCUT2D eigenvalue weighted by Gasteiger charge is 2.57. The number of ether oxygens (including phenoxy) is 1. The minimum atomic E-state index is -0.660. The highest BCUT2D eigenvalue weighted by Crippen LogP contribution is 2.53. The molecule has 4 nitrogen and oxygen atoms in total. The number of aliphatic imine (C=N–C) groups is 1. The topological polar surface area (TPSA) is 73.6 Å². The second-order valence-electron chi connectivity index (χ2n) is 4.84. The quantitative estimate of drug-likeness (QED) is 0.722. The van der Waals surface area contributed by atoms with Crippen LogP contribution in [0.15, 0.2) is 23.2 Å². The Morgan fingerprint density at radius 1 is 1.47 bits per heavy atom. The SMILES string of the molecule is C[C@@]1(c2cc(N)ccc2F)N=C(N)O[C@H]2C[C@H]21. The van der Waals surface area contributed by atoms with Crippen molar-refractivity contribution in [2.45, 2.75) is 25.0 Å². The fourth-order valence-corrected chi connectivity index (χ4v) is 2.58. The van der Waals surface area contributed by atoms with Gasteiger partial charge < -0.3 is 16.2 Å². The number of nitrogen functional groups attached to an aromatic ring is 1. The van der Waals surface area contributed by atoms with Crippen LogP contribution in [-0.2, 0) is 10.3 Å². The number of fused-ring (bicyclic) bond motifs is 1. The Balaban J connectivity index is 2.13. The first-order valence-corrected chi connectivity index (χ1v) is 5.58. The number of anilines is 1. The second kappa shape index (κ2) is 3.12. The number of hydrogen-bond acceptors (Lipinski definition) is 4. The minimum Gasteiger partial charge on any atom is -0.462 e. The summed E-state index contributed by atoms with van der Waals surface area (Å²) in [4.78, 5) is 4.29. The van der Waals surface area contributed by atoms with Gasteiger partial charge in [-0.2, -0.15) is 0 Å². The highest BCUT2D eigenvalue weighted by atomic mass is 19.1. The summed E-state index contributed by atoms with van der Waals surface area (Å²) in [7, 11) is 0. The van der Waals surface area contributed by atoms with Crippen LogP contribution >= 0.6 is 0 Å². The molecule has 1 fully saturated rings. The maximum absolute atomic E-state index is 13.9. The second-order valence-corrected chi connectivity index (χ2v) is 4.84. The average molecular weight is 235 g/mol. The van der Waals surface area contributed by atoms with Gasteiger partial charge in [0.1, 0.15) is 11.9 Å². The molecule has 90 valence electrons. The largest absolute Gasteiger partial charge is 0.462 e. The Morgan fingerprint density at radius 3 is 3.00 bits per heavy atom. The summed E-state index contributed by atoms with van der Waals surface area (Å²) in [6.45, 7) is 1.88. The number of halogens is 1. The van der Waals surface area contributed by atoms with Crippen molar-refractivity contribution in [3.63, 3.8) is 0 Å². The molecule has 1 saturated carbocycles. The van der Waals surface area contributed by atoms with Gasteiger partial charge in [-0.1, -0.05) is 0 Å². The molecular weight excluding hydrogens is 221 g/mol. The summed E-state index contributed by atoms with van der Waals surface area (Å²) in [6, 6.07) is 4.67. The van der Waals surface area contributed by atoms with Gasteiger partial charge in [-0.25, -0.2) is 9.38 Å². The fraction of sp³-hybridized carbons (Fsp3) is 0.417. The van der Waals surface area contributed by atoms with E-state index in [9.17, 15) is 4.39 Å². The Bertz CT molecular complexity index is 516. The van der Waals surface area contributed by atoms with E-state index in [-0.39, 0.29) is 23.9 Å². The molecule has 3 rings (SSSR count). The van der Waals surface area contributed by atoms with Crippen molar-refractivity contribution in [2.24, 2.45) is 16.6 Å². The van der Waals surface area contributed by atoms with Crippen molar-refractivity contribution in [3.05, 3.63) is 29.6 Å². The van der Waals surface area contributed by atoms with Gasteiger partial charge in [0.2, 0.25) is 0 Å². The molecule has 1 aromatic carbocycles. The number of benzene rings is 1. The highest BCUT2D eigenvalue weighted by molar-refractivity contribution is 5.74. The number of nitrogens with zero attached hydrogens (tertiary/aromatic N) is 1. The normalized spacial score (nSPS) is 34.6. The number of rotatable bonds is 1. The maximum atomic E-state index is 13.9. The third kappa shape index (κ3) is 1.45. The summed E-state index contributed by atoms with van der Waals surface area (Å²) < 4.78 is 19.2. The van der Waals surface area contributed by atoms with E-state index in [2.05, 4.69) is 4.99 Å². The molecule has 0 amide bonds. The smallest absolute Gasteiger partial charge is 0.283 e. The Labute approximate surface area is 98.5 Å². The fourth-order valence-electron chi connectivity index (χ4n) is 2.58. The zero-order valence-corrected chi connectivity index (χ0v) is 9.48. The van der Waals surface area contributed by atoms with E-state index in [0.29, 0.717) is 11.3 Å². The van der Waals surface area contributed by atoms with Gasteiger partial charge >= 0.3 is 0 Å². The number of amidine groups is 1. The van der Waals surface area contributed by atoms with Crippen LogP contribution in [0.1, 0.15) is 18.9 Å². The molecule has 0 radical (unpaired) electrons. The molecule has 1 aromatic rings. The monoisotopic (exact) mass is 235 g/mol. The van der Waals surface area contributed by atoms with Crippen LogP contribution < -0.4 is 11.5 Å². The Hall–Kier alpha value is -1.78. The predicted octanol–water partition coefficient (Wildman–Crippen LogP) is 1.36. The lowest BCUT2D eigenvalue weighted by molar-refractivity contribution is 0.202. The molecule has 0 aromatic heterocycles. The summed E-state index contributed by atoms with van der Waals surface area (Å²) in [5, 5.41) is 0. The van der Waals surface area contributed by atoms with Crippen LogP contribution in [0.2, 0.25) is 0 Å². The average Bonchev–Trinajstić information content (AvgIpc) is 3.01. The van der Waals surface area contributed by atoms with Crippen LogP contribution in [0.3, 0.4) is 0 Å². The molecule has 2 aliphatic rings. The van der Waals surface area contributed by atoms with Crippen LogP contribution in [0.25, 0.3) is 0 Å².